The average molecular weight is 449 g/mol. The molecule has 32 heavy (non-hydrogen) atoms. The van der Waals surface area contributed by atoms with Crippen LogP contribution in [0.2, 0.25) is 0 Å². The zero-order valence-electron chi connectivity index (χ0n) is 18.1. The Labute approximate surface area is 189 Å². The Morgan fingerprint density at radius 3 is 2.72 bits per heavy atom. The van der Waals surface area contributed by atoms with Gasteiger partial charge < -0.3 is 19.0 Å². The Balaban J connectivity index is 1.51. The van der Waals surface area contributed by atoms with Crippen molar-refractivity contribution in [1.29, 1.82) is 0 Å². The summed E-state index contributed by atoms with van der Waals surface area (Å²) in [5.74, 6) is -0.671. The van der Waals surface area contributed by atoms with Crippen LogP contribution in [0, 0.1) is 6.92 Å². The van der Waals surface area contributed by atoms with E-state index in [9.17, 15) is 9.59 Å². The van der Waals surface area contributed by atoms with Gasteiger partial charge in [0.1, 0.15) is 10.7 Å². The van der Waals surface area contributed by atoms with Crippen LogP contribution in [0.15, 0.2) is 47.1 Å². The van der Waals surface area contributed by atoms with Gasteiger partial charge >= 0.3 is 5.97 Å². The highest BCUT2D eigenvalue weighted by atomic mass is 32.1. The fraction of sp³-hybridized carbons (Fsp3) is 0.280. The molecule has 7 heteroatoms. The first-order valence-electron chi connectivity index (χ1n) is 10.7. The lowest BCUT2D eigenvalue weighted by Gasteiger charge is -2.12. The SMILES string of the molecule is COC(=O)c1c(NC(=O)c2cc3occc3n2Cc2ccc(C)cc2)sc2c1CCCC2. The third kappa shape index (κ3) is 3.62. The normalized spacial score (nSPS) is 13.2. The number of rotatable bonds is 5. The standard InChI is InChI=1S/C25H24N2O4S/c1-15-7-9-16(10-8-15)14-27-18-11-12-31-20(18)13-19(27)23(28)26-24-22(25(29)30-2)17-5-3-4-6-21(17)32-24/h7-13H,3-6,14H2,1-2H3,(H,26,28). The molecule has 0 spiro atoms. The van der Waals surface area contributed by atoms with E-state index in [4.69, 9.17) is 9.15 Å². The van der Waals surface area contributed by atoms with Crippen molar-refractivity contribution >= 4 is 39.3 Å². The smallest absolute Gasteiger partial charge is 0.341 e. The molecule has 0 aliphatic heterocycles. The number of fused-ring (bicyclic) bond motifs is 2. The summed E-state index contributed by atoms with van der Waals surface area (Å²) in [5.41, 5.74) is 5.79. The molecule has 3 heterocycles. The number of nitrogens with one attached hydrogen (secondary N) is 1. The van der Waals surface area contributed by atoms with Crippen LogP contribution in [0.5, 0.6) is 0 Å². The Kier molecular flexibility index (Phi) is 5.35. The molecule has 3 aromatic heterocycles. The highest BCUT2D eigenvalue weighted by Gasteiger charge is 2.28. The number of thiophene rings is 1. The van der Waals surface area contributed by atoms with Crippen LogP contribution in [0.4, 0.5) is 5.00 Å². The maximum atomic E-state index is 13.4. The number of nitrogens with zero attached hydrogens (tertiary/aromatic N) is 1. The van der Waals surface area contributed by atoms with Gasteiger partial charge in [0.2, 0.25) is 0 Å². The largest absolute Gasteiger partial charge is 0.465 e. The van der Waals surface area contributed by atoms with Crippen molar-refractivity contribution in [2.75, 3.05) is 12.4 Å². The minimum absolute atomic E-state index is 0.271. The van der Waals surface area contributed by atoms with Crippen molar-refractivity contribution < 1.29 is 18.7 Å². The number of benzene rings is 1. The number of hydrogen-bond donors (Lipinski definition) is 1. The maximum Gasteiger partial charge on any atom is 0.341 e. The van der Waals surface area contributed by atoms with Crippen LogP contribution in [-0.2, 0) is 24.1 Å². The monoisotopic (exact) mass is 448 g/mol. The number of esters is 1. The van der Waals surface area contributed by atoms with Crippen LogP contribution in [0.25, 0.3) is 11.1 Å². The van der Waals surface area contributed by atoms with Gasteiger partial charge in [-0.15, -0.1) is 11.3 Å². The fourth-order valence-corrected chi connectivity index (χ4v) is 5.62. The second-order valence-electron chi connectivity index (χ2n) is 8.13. The van der Waals surface area contributed by atoms with Crippen LogP contribution >= 0.6 is 11.3 Å². The summed E-state index contributed by atoms with van der Waals surface area (Å²) in [5, 5.41) is 3.56. The molecule has 0 saturated heterocycles. The fourth-order valence-electron chi connectivity index (χ4n) is 4.35. The zero-order valence-corrected chi connectivity index (χ0v) is 18.9. The summed E-state index contributed by atoms with van der Waals surface area (Å²) < 4.78 is 12.6. The third-order valence-corrected chi connectivity index (χ3v) is 7.21. The van der Waals surface area contributed by atoms with Gasteiger partial charge in [-0.1, -0.05) is 29.8 Å². The van der Waals surface area contributed by atoms with E-state index in [0.29, 0.717) is 28.4 Å². The van der Waals surface area contributed by atoms with Crippen molar-refractivity contribution in [3.63, 3.8) is 0 Å². The van der Waals surface area contributed by atoms with E-state index in [0.717, 1.165) is 47.2 Å². The molecule has 6 nitrogen and oxygen atoms in total. The van der Waals surface area contributed by atoms with Crippen LogP contribution in [0.1, 0.15) is 55.3 Å². The summed E-state index contributed by atoms with van der Waals surface area (Å²) in [6, 6.07) is 11.9. The van der Waals surface area contributed by atoms with E-state index < -0.39 is 5.97 Å². The number of amides is 1. The first-order chi connectivity index (χ1) is 15.5. The number of aromatic nitrogens is 1. The van der Waals surface area contributed by atoms with Gasteiger partial charge in [-0.05, 0) is 43.7 Å². The number of carbonyl (C=O) groups excluding carboxylic acids is 2. The van der Waals surface area contributed by atoms with Crippen molar-refractivity contribution in [2.45, 2.75) is 39.2 Å². The number of hydrogen-bond acceptors (Lipinski definition) is 5. The van der Waals surface area contributed by atoms with Gasteiger partial charge in [-0.25, -0.2) is 4.79 Å². The molecule has 5 rings (SSSR count). The molecular formula is C25H24N2O4S. The molecule has 0 radical (unpaired) electrons. The predicted molar refractivity (Wildman–Crippen MR) is 125 cm³/mol. The molecule has 4 aromatic rings. The number of carbonyl (C=O) groups is 2. The van der Waals surface area contributed by atoms with Gasteiger partial charge in [0, 0.05) is 23.6 Å². The minimum atomic E-state index is -0.400. The Hall–Kier alpha value is -3.32. The quantitative estimate of drug-likeness (QED) is 0.405. The average Bonchev–Trinajstić information content (AvgIpc) is 3.48. The van der Waals surface area contributed by atoms with Gasteiger partial charge in [-0.2, -0.15) is 0 Å². The van der Waals surface area contributed by atoms with E-state index in [-0.39, 0.29) is 5.91 Å². The summed E-state index contributed by atoms with van der Waals surface area (Å²) in [4.78, 5) is 27.1. The summed E-state index contributed by atoms with van der Waals surface area (Å²) >= 11 is 1.48. The van der Waals surface area contributed by atoms with E-state index in [1.165, 1.54) is 24.0 Å². The van der Waals surface area contributed by atoms with E-state index in [2.05, 4.69) is 29.6 Å². The van der Waals surface area contributed by atoms with Crippen LogP contribution < -0.4 is 5.32 Å². The van der Waals surface area contributed by atoms with E-state index in [1.54, 1.807) is 12.3 Å². The number of furan rings is 1. The van der Waals surface area contributed by atoms with Gasteiger partial charge in [0.05, 0.1) is 24.5 Å². The number of anilines is 1. The molecule has 1 aliphatic carbocycles. The molecule has 0 unspecified atom stereocenters. The lowest BCUT2D eigenvalue weighted by molar-refractivity contribution is 0.0601. The second kappa shape index (κ2) is 8.31. The number of methoxy groups -OCH3 is 1. The lowest BCUT2D eigenvalue weighted by atomic mass is 9.95. The number of ether oxygens (including phenoxy) is 1. The minimum Gasteiger partial charge on any atom is -0.465 e. The van der Waals surface area contributed by atoms with Crippen molar-refractivity contribution in [3.05, 3.63) is 75.5 Å². The number of aryl methyl sites for hydroxylation is 2. The van der Waals surface area contributed by atoms with Crippen molar-refractivity contribution in [2.24, 2.45) is 0 Å². The molecule has 1 aromatic carbocycles. The van der Waals surface area contributed by atoms with Crippen LogP contribution in [0.3, 0.4) is 0 Å². The van der Waals surface area contributed by atoms with Crippen molar-refractivity contribution in [3.8, 4) is 0 Å². The second-order valence-corrected chi connectivity index (χ2v) is 9.24. The van der Waals surface area contributed by atoms with Gasteiger partial charge in [-0.3, -0.25) is 4.79 Å². The molecule has 1 N–H and O–H groups in total. The molecule has 0 bridgehead atoms. The molecule has 0 saturated carbocycles. The highest BCUT2D eigenvalue weighted by molar-refractivity contribution is 7.17. The first-order valence-corrected chi connectivity index (χ1v) is 11.5. The van der Waals surface area contributed by atoms with Gasteiger partial charge in [0.25, 0.3) is 5.91 Å². The molecular weight excluding hydrogens is 424 g/mol. The van der Waals surface area contributed by atoms with Crippen molar-refractivity contribution in [1.82, 2.24) is 4.57 Å². The zero-order chi connectivity index (χ0) is 22.2. The maximum absolute atomic E-state index is 13.4. The summed E-state index contributed by atoms with van der Waals surface area (Å²) in [6.07, 6.45) is 5.52. The topological polar surface area (TPSA) is 73.5 Å². The highest BCUT2D eigenvalue weighted by Crippen LogP contribution is 2.39. The third-order valence-electron chi connectivity index (χ3n) is 6.00. The molecule has 1 amide bonds. The first kappa shape index (κ1) is 20.6. The predicted octanol–water partition coefficient (Wildman–Crippen LogP) is 5.57. The van der Waals surface area contributed by atoms with Crippen LogP contribution in [-0.4, -0.2) is 23.6 Å². The van der Waals surface area contributed by atoms with E-state index >= 15 is 0 Å². The van der Waals surface area contributed by atoms with E-state index in [1.807, 2.05) is 17.6 Å². The Morgan fingerprint density at radius 1 is 1.16 bits per heavy atom. The molecule has 0 atom stereocenters. The van der Waals surface area contributed by atoms with Gasteiger partial charge in [0.15, 0.2) is 5.58 Å². The Bertz CT molecular complexity index is 1310. The molecule has 164 valence electrons. The summed E-state index contributed by atoms with van der Waals surface area (Å²) in [7, 11) is 1.38. The molecule has 1 aliphatic rings. The lowest BCUT2D eigenvalue weighted by Crippen LogP contribution is -2.19. The molecule has 0 fully saturated rings. The Morgan fingerprint density at radius 2 is 1.94 bits per heavy atom. The summed E-state index contributed by atoms with van der Waals surface area (Å²) in [6.45, 7) is 2.59.